The molecule has 0 spiro atoms. The van der Waals surface area contributed by atoms with Gasteiger partial charge in [-0.3, -0.25) is 4.79 Å². The molecular weight excluding hydrogens is 357 g/mol. The van der Waals surface area contributed by atoms with E-state index in [1.165, 1.54) is 6.07 Å². The highest BCUT2D eigenvalue weighted by atomic mass is 19.1. The molecule has 2 aliphatic heterocycles. The van der Waals surface area contributed by atoms with Gasteiger partial charge in [0.1, 0.15) is 5.82 Å². The highest BCUT2D eigenvalue weighted by Crippen LogP contribution is 2.45. The summed E-state index contributed by atoms with van der Waals surface area (Å²) in [5.41, 5.74) is 2.47. The van der Waals surface area contributed by atoms with Crippen molar-refractivity contribution in [3.8, 4) is 0 Å². The van der Waals surface area contributed by atoms with E-state index in [-0.39, 0.29) is 35.5 Å². The molecule has 2 aliphatic rings. The van der Waals surface area contributed by atoms with E-state index in [1.807, 2.05) is 17.0 Å². The Bertz CT molecular complexity index is 916. The maximum atomic E-state index is 13.9. The molecule has 2 saturated heterocycles. The van der Waals surface area contributed by atoms with Crippen LogP contribution in [-0.4, -0.2) is 41.4 Å². The smallest absolute Gasteiger partial charge is 0.321 e. The Morgan fingerprint density at radius 1 is 1.04 bits per heavy atom. The molecule has 1 N–H and O–H groups in total. The number of carbonyl (C=O) groups is 2. The normalized spacial score (nSPS) is 23.6. The molecule has 6 heteroatoms. The lowest BCUT2D eigenvalue weighted by molar-refractivity contribution is -0.130. The molecule has 146 valence electrons. The fraction of sp³-hybridized carbons (Fsp3) is 0.364. The average Bonchev–Trinajstić information content (AvgIpc) is 3.22. The lowest BCUT2D eigenvalue weighted by Gasteiger charge is -2.30. The predicted molar refractivity (Wildman–Crippen MR) is 105 cm³/mol. The van der Waals surface area contributed by atoms with Gasteiger partial charge in [0, 0.05) is 38.4 Å². The number of carbonyl (C=O) groups excluding carboxylic acids is 2. The average molecular weight is 381 g/mol. The molecular formula is C22H24FN3O2. The predicted octanol–water partition coefficient (Wildman–Crippen LogP) is 3.82. The second-order valence-electron chi connectivity index (χ2n) is 7.71. The molecule has 2 fully saturated rings. The minimum absolute atomic E-state index is 0.0324. The summed E-state index contributed by atoms with van der Waals surface area (Å²) in [7, 11) is 0. The molecule has 0 saturated carbocycles. The van der Waals surface area contributed by atoms with Crippen LogP contribution in [0, 0.1) is 24.6 Å². The summed E-state index contributed by atoms with van der Waals surface area (Å²) >= 11 is 0. The zero-order valence-electron chi connectivity index (χ0n) is 16.1. The Balaban J connectivity index is 1.55. The van der Waals surface area contributed by atoms with Gasteiger partial charge in [-0.2, -0.15) is 0 Å². The van der Waals surface area contributed by atoms with Gasteiger partial charge in [0.25, 0.3) is 0 Å². The van der Waals surface area contributed by atoms with E-state index < -0.39 is 5.82 Å². The molecule has 0 bridgehead atoms. The minimum Gasteiger partial charge on any atom is -0.335 e. The minimum atomic E-state index is -0.448. The van der Waals surface area contributed by atoms with Crippen LogP contribution in [0.4, 0.5) is 14.9 Å². The first kappa shape index (κ1) is 18.5. The van der Waals surface area contributed by atoms with E-state index in [1.54, 1.807) is 30.0 Å². The van der Waals surface area contributed by atoms with Gasteiger partial charge in [0.2, 0.25) is 5.91 Å². The first-order valence-corrected chi connectivity index (χ1v) is 9.59. The standard InChI is InChI=1S/C22H24FN3O2/c1-14-7-3-4-8-17(14)21-18-13-25(11-16(18)12-26(21)15(2)27)22(28)24-20-10-6-5-9-19(20)23/h3-10,16,18,21H,11-13H2,1-2H3,(H,24,28)/t16-,18-,21+/m1/s1. The lowest BCUT2D eigenvalue weighted by atomic mass is 9.87. The van der Waals surface area contributed by atoms with E-state index in [2.05, 4.69) is 24.4 Å². The van der Waals surface area contributed by atoms with Crippen LogP contribution in [-0.2, 0) is 4.79 Å². The van der Waals surface area contributed by atoms with Gasteiger partial charge >= 0.3 is 6.03 Å². The van der Waals surface area contributed by atoms with Crippen molar-refractivity contribution >= 4 is 17.6 Å². The van der Waals surface area contributed by atoms with Crippen molar-refractivity contribution in [3.63, 3.8) is 0 Å². The van der Waals surface area contributed by atoms with E-state index in [0.29, 0.717) is 19.6 Å². The third kappa shape index (κ3) is 3.23. The second-order valence-corrected chi connectivity index (χ2v) is 7.71. The number of benzene rings is 2. The molecule has 28 heavy (non-hydrogen) atoms. The monoisotopic (exact) mass is 381 g/mol. The molecule has 3 amide bonds. The van der Waals surface area contributed by atoms with Crippen molar-refractivity contribution in [3.05, 3.63) is 65.5 Å². The Hall–Kier alpha value is -2.89. The number of aryl methyl sites for hydroxylation is 1. The van der Waals surface area contributed by atoms with E-state index >= 15 is 0 Å². The summed E-state index contributed by atoms with van der Waals surface area (Å²) in [6.45, 7) is 5.42. The quantitative estimate of drug-likeness (QED) is 0.860. The number of halogens is 1. The summed E-state index contributed by atoms with van der Waals surface area (Å²) in [6, 6.07) is 13.9. The van der Waals surface area contributed by atoms with Crippen molar-refractivity contribution in [1.29, 1.82) is 0 Å². The van der Waals surface area contributed by atoms with Crippen LogP contribution in [0.25, 0.3) is 0 Å². The number of fused-ring (bicyclic) bond motifs is 1. The largest absolute Gasteiger partial charge is 0.335 e. The number of nitrogens with zero attached hydrogens (tertiary/aromatic N) is 2. The number of urea groups is 1. The van der Waals surface area contributed by atoms with Gasteiger partial charge in [-0.25, -0.2) is 9.18 Å². The SMILES string of the molecule is CC(=O)N1C[C@H]2CN(C(=O)Nc3ccccc3F)C[C@H]2[C@@H]1c1ccccc1C. The van der Waals surface area contributed by atoms with Crippen LogP contribution in [0.1, 0.15) is 24.1 Å². The summed E-state index contributed by atoms with van der Waals surface area (Å²) < 4.78 is 13.9. The second kappa shape index (κ2) is 7.26. The van der Waals surface area contributed by atoms with Gasteiger partial charge in [-0.05, 0) is 30.2 Å². The summed E-state index contributed by atoms with van der Waals surface area (Å²) in [4.78, 5) is 28.6. The fourth-order valence-corrected chi connectivity index (χ4v) is 4.61. The van der Waals surface area contributed by atoms with Crippen molar-refractivity contribution in [1.82, 2.24) is 9.80 Å². The number of amides is 3. The summed E-state index contributed by atoms with van der Waals surface area (Å²) in [5.74, 6) is 0.0111. The Morgan fingerprint density at radius 3 is 2.46 bits per heavy atom. The van der Waals surface area contributed by atoms with Crippen LogP contribution in [0.15, 0.2) is 48.5 Å². The Labute approximate surface area is 164 Å². The lowest BCUT2D eigenvalue weighted by Crippen LogP contribution is -2.38. The molecule has 2 heterocycles. The van der Waals surface area contributed by atoms with Crippen LogP contribution in [0.3, 0.4) is 0 Å². The number of hydrogen-bond donors (Lipinski definition) is 1. The molecule has 2 aromatic rings. The molecule has 5 nitrogen and oxygen atoms in total. The summed E-state index contributed by atoms with van der Waals surface area (Å²) in [6.07, 6.45) is 0. The van der Waals surface area contributed by atoms with Crippen molar-refractivity contribution in [2.24, 2.45) is 11.8 Å². The van der Waals surface area contributed by atoms with Gasteiger partial charge in [0.15, 0.2) is 0 Å². The van der Waals surface area contributed by atoms with Crippen LogP contribution < -0.4 is 5.32 Å². The van der Waals surface area contributed by atoms with Crippen molar-refractivity contribution in [2.75, 3.05) is 25.0 Å². The van der Waals surface area contributed by atoms with E-state index in [9.17, 15) is 14.0 Å². The number of nitrogens with one attached hydrogen (secondary N) is 1. The van der Waals surface area contributed by atoms with Crippen molar-refractivity contribution < 1.29 is 14.0 Å². The van der Waals surface area contributed by atoms with Crippen LogP contribution >= 0.6 is 0 Å². The Morgan fingerprint density at radius 2 is 1.75 bits per heavy atom. The third-order valence-electron chi connectivity index (χ3n) is 5.98. The zero-order valence-corrected chi connectivity index (χ0v) is 16.1. The molecule has 2 aromatic carbocycles. The number of para-hydroxylation sites is 1. The molecule has 0 radical (unpaired) electrons. The number of hydrogen-bond acceptors (Lipinski definition) is 2. The number of anilines is 1. The van der Waals surface area contributed by atoms with E-state index in [0.717, 1.165) is 11.1 Å². The van der Waals surface area contributed by atoms with Crippen LogP contribution in [0.5, 0.6) is 0 Å². The molecule has 0 aromatic heterocycles. The van der Waals surface area contributed by atoms with Gasteiger partial charge in [-0.15, -0.1) is 0 Å². The fourth-order valence-electron chi connectivity index (χ4n) is 4.61. The first-order valence-electron chi connectivity index (χ1n) is 9.59. The molecule has 3 atom stereocenters. The van der Waals surface area contributed by atoms with Gasteiger partial charge < -0.3 is 15.1 Å². The molecule has 0 aliphatic carbocycles. The maximum absolute atomic E-state index is 13.9. The van der Waals surface area contributed by atoms with Gasteiger partial charge in [-0.1, -0.05) is 36.4 Å². The highest BCUT2D eigenvalue weighted by Gasteiger charge is 2.49. The highest BCUT2D eigenvalue weighted by molar-refractivity contribution is 5.89. The summed E-state index contributed by atoms with van der Waals surface area (Å²) in [5, 5.41) is 2.67. The van der Waals surface area contributed by atoms with Crippen LogP contribution in [0.2, 0.25) is 0 Å². The maximum Gasteiger partial charge on any atom is 0.321 e. The van der Waals surface area contributed by atoms with E-state index in [4.69, 9.17) is 0 Å². The topological polar surface area (TPSA) is 52.7 Å². The number of rotatable bonds is 2. The Kier molecular flexibility index (Phi) is 4.79. The molecule has 0 unspecified atom stereocenters. The third-order valence-corrected chi connectivity index (χ3v) is 5.98. The molecule has 4 rings (SSSR count). The zero-order chi connectivity index (χ0) is 19.8. The number of likely N-dealkylation sites (tertiary alicyclic amines) is 2. The van der Waals surface area contributed by atoms with Gasteiger partial charge in [0.05, 0.1) is 11.7 Å². The first-order chi connectivity index (χ1) is 13.5. The van der Waals surface area contributed by atoms with Crippen molar-refractivity contribution in [2.45, 2.75) is 19.9 Å².